The van der Waals surface area contributed by atoms with E-state index in [2.05, 4.69) is 88.4 Å². The van der Waals surface area contributed by atoms with Crippen LogP contribution in [0.3, 0.4) is 0 Å². The van der Waals surface area contributed by atoms with E-state index in [-0.39, 0.29) is 0 Å². The molecule has 0 amide bonds. The van der Waals surface area contributed by atoms with E-state index in [0.717, 1.165) is 12.8 Å². The van der Waals surface area contributed by atoms with Crippen molar-refractivity contribution < 1.29 is 0 Å². The lowest BCUT2D eigenvalue weighted by Crippen LogP contribution is -2.10. The molecule has 3 rings (SSSR count). The van der Waals surface area contributed by atoms with E-state index in [0.29, 0.717) is 0 Å². The van der Waals surface area contributed by atoms with Crippen molar-refractivity contribution in [1.82, 2.24) is 0 Å². The van der Waals surface area contributed by atoms with Crippen LogP contribution in [0.4, 0.5) is 0 Å². The predicted molar refractivity (Wildman–Crippen MR) is 133 cm³/mol. The minimum absolute atomic E-state index is 1.16. The van der Waals surface area contributed by atoms with Crippen molar-refractivity contribution in [2.75, 3.05) is 0 Å². The van der Waals surface area contributed by atoms with Gasteiger partial charge in [-0.2, -0.15) is 0 Å². The van der Waals surface area contributed by atoms with Gasteiger partial charge in [0.05, 0.1) is 0 Å². The number of benzene rings is 3. The highest BCUT2D eigenvalue weighted by Gasteiger charge is 2.23. The fourth-order valence-corrected chi connectivity index (χ4v) is 4.97. The lowest BCUT2D eigenvalue weighted by molar-refractivity contribution is 0.804. The summed E-state index contributed by atoms with van der Waals surface area (Å²) < 4.78 is 0. The standard InChI is InChI=1S/C30H38/c1-5-15-25-26(16-6-2)28(18-8-4)30(24-21-13-10-14-22-24)29(27(25)17-7-3)23-19-11-9-12-20-23/h9-14,19-22H,5-8,15-18H2,1-4H3. The van der Waals surface area contributed by atoms with Gasteiger partial charge in [0.25, 0.3) is 0 Å². The second kappa shape index (κ2) is 11.2. The van der Waals surface area contributed by atoms with Gasteiger partial charge in [-0.05, 0) is 70.2 Å². The molecule has 0 spiro atoms. The average Bonchev–Trinajstić information content (AvgIpc) is 2.78. The first-order valence-electron chi connectivity index (χ1n) is 12.1. The quantitative estimate of drug-likeness (QED) is 0.320. The molecule has 30 heavy (non-hydrogen) atoms. The molecule has 0 bridgehead atoms. The third-order valence-electron chi connectivity index (χ3n) is 6.07. The second-order valence-corrected chi connectivity index (χ2v) is 8.40. The van der Waals surface area contributed by atoms with Crippen molar-refractivity contribution in [3.05, 3.63) is 82.9 Å². The van der Waals surface area contributed by atoms with Gasteiger partial charge in [-0.3, -0.25) is 0 Å². The molecule has 0 saturated heterocycles. The van der Waals surface area contributed by atoms with E-state index in [1.807, 2.05) is 0 Å². The predicted octanol–water partition coefficient (Wildman–Crippen LogP) is 8.83. The molecule has 0 nitrogen and oxygen atoms in total. The van der Waals surface area contributed by atoms with E-state index in [1.165, 1.54) is 60.8 Å². The molecule has 0 aromatic heterocycles. The van der Waals surface area contributed by atoms with E-state index < -0.39 is 0 Å². The molecule has 0 radical (unpaired) electrons. The summed E-state index contributed by atoms with van der Waals surface area (Å²) in [5, 5.41) is 0. The van der Waals surface area contributed by atoms with Gasteiger partial charge in [-0.1, -0.05) is 114 Å². The zero-order valence-corrected chi connectivity index (χ0v) is 19.4. The van der Waals surface area contributed by atoms with E-state index in [4.69, 9.17) is 0 Å². The highest BCUT2D eigenvalue weighted by atomic mass is 14.3. The van der Waals surface area contributed by atoms with Gasteiger partial charge in [-0.15, -0.1) is 0 Å². The van der Waals surface area contributed by atoms with Crippen LogP contribution in [0.25, 0.3) is 22.3 Å². The highest BCUT2D eigenvalue weighted by molar-refractivity contribution is 5.90. The molecule has 158 valence electrons. The minimum Gasteiger partial charge on any atom is -0.0651 e. The Morgan fingerprint density at radius 3 is 1.00 bits per heavy atom. The summed E-state index contributed by atoms with van der Waals surface area (Å²) in [6.45, 7) is 9.31. The molecule has 3 aromatic rings. The summed E-state index contributed by atoms with van der Waals surface area (Å²) in [4.78, 5) is 0. The minimum atomic E-state index is 1.16. The molecule has 0 atom stereocenters. The summed E-state index contributed by atoms with van der Waals surface area (Å²) >= 11 is 0. The zero-order valence-electron chi connectivity index (χ0n) is 19.4. The van der Waals surface area contributed by atoms with Crippen molar-refractivity contribution in [3.8, 4) is 22.3 Å². The van der Waals surface area contributed by atoms with E-state index in [1.54, 1.807) is 22.3 Å². The first kappa shape index (κ1) is 22.3. The van der Waals surface area contributed by atoms with Crippen LogP contribution in [0.15, 0.2) is 60.7 Å². The topological polar surface area (TPSA) is 0 Å². The van der Waals surface area contributed by atoms with Crippen molar-refractivity contribution in [1.29, 1.82) is 0 Å². The van der Waals surface area contributed by atoms with Crippen LogP contribution in [0.5, 0.6) is 0 Å². The lowest BCUT2D eigenvalue weighted by atomic mass is 9.77. The van der Waals surface area contributed by atoms with Crippen LogP contribution in [0.2, 0.25) is 0 Å². The number of hydrogen-bond donors (Lipinski definition) is 0. The van der Waals surface area contributed by atoms with Gasteiger partial charge in [0.1, 0.15) is 0 Å². The van der Waals surface area contributed by atoms with Crippen LogP contribution in [0.1, 0.15) is 75.6 Å². The van der Waals surface area contributed by atoms with Crippen LogP contribution in [-0.2, 0) is 25.7 Å². The van der Waals surface area contributed by atoms with Gasteiger partial charge < -0.3 is 0 Å². The van der Waals surface area contributed by atoms with Gasteiger partial charge >= 0.3 is 0 Å². The molecular weight excluding hydrogens is 360 g/mol. The summed E-state index contributed by atoms with van der Waals surface area (Å²) in [5.41, 5.74) is 12.3. The molecule has 0 N–H and O–H groups in total. The van der Waals surface area contributed by atoms with Crippen LogP contribution < -0.4 is 0 Å². The third-order valence-corrected chi connectivity index (χ3v) is 6.07. The fourth-order valence-electron chi connectivity index (χ4n) is 4.97. The largest absolute Gasteiger partial charge is 0.0651 e. The summed E-state index contributed by atoms with van der Waals surface area (Å²) in [5.74, 6) is 0. The third kappa shape index (κ3) is 4.69. The van der Waals surface area contributed by atoms with Gasteiger partial charge in [-0.25, -0.2) is 0 Å². The molecule has 0 aliphatic rings. The molecule has 0 aliphatic carbocycles. The summed E-state index contributed by atoms with van der Waals surface area (Å²) in [6.07, 6.45) is 9.47. The lowest BCUT2D eigenvalue weighted by Gasteiger charge is -2.27. The van der Waals surface area contributed by atoms with Crippen LogP contribution in [0, 0.1) is 0 Å². The number of rotatable bonds is 10. The molecule has 0 fully saturated rings. The Kier molecular flexibility index (Phi) is 8.31. The fraction of sp³-hybridized carbons (Fsp3) is 0.400. The zero-order chi connectivity index (χ0) is 21.3. The molecule has 0 heterocycles. The maximum absolute atomic E-state index is 2.33. The SMILES string of the molecule is CCCc1c(CCC)c(CCC)c(-c2ccccc2)c(-c2ccccc2)c1CCC. The number of hydrogen-bond acceptors (Lipinski definition) is 0. The Balaban J connectivity index is 2.50. The van der Waals surface area contributed by atoms with Crippen molar-refractivity contribution in [2.45, 2.75) is 79.1 Å². The molecule has 0 unspecified atom stereocenters. The van der Waals surface area contributed by atoms with Gasteiger partial charge in [0.2, 0.25) is 0 Å². The van der Waals surface area contributed by atoms with Crippen LogP contribution >= 0.6 is 0 Å². The monoisotopic (exact) mass is 398 g/mol. The normalized spacial score (nSPS) is 11.1. The van der Waals surface area contributed by atoms with Gasteiger partial charge in [0.15, 0.2) is 0 Å². The maximum Gasteiger partial charge on any atom is -0.00676 e. The van der Waals surface area contributed by atoms with Crippen molar-refractivity contribution in [3.63, 3.8) is 0 Å². The smallest absolute Gasteiger partial charge is 0.00676 e. The van der Waals surface area contributed by atoms with Gasteiger partial charge in [0, 0.05) is 0 Å². The van der Waals surface area contributed by atoms with E-state index in [9.17, 15) is 0 Å². The van der Waals surface area contributed by atoms with Crippen LogP contribution in [-0.4, -0.2) is 0 Å². The Bertz CT molecular complexity index is 841. The Labute approximate surface area is 184 Å². The molecule has 0 heteroatoms. The molecule has 0 aliphatic heterocycles. The Morgan fingerprint density at radius 1 is 0.400 bits per heavy atom. The first-order chi connectivity index (χ1) is 14.8. The first-order valence-corrected chi connectivity index (χ1v) is 12.1. The molecular formula is C30H38. The second-order valence-electron chi connectivity index (χ2n) is 8.40. The summed E-state index contributed by atoms with van der Waals surface area (Å²) in [6, 6.07) is 22.3. The van der Waals surface area contributed by atoms with Crippen molar-refractivity contribution in [2.24, 2.45) is 0 Å². The Morgan fingerprint density at radius 2 is 0.700 bits per heavy atom. The molecule has 0 saturated carbocycles. The molecule has 3 aromatic carbocycles. The van der Waals surface area contributed by atoms with E-state index >= 15 is 0 Å². The maximum atomic E-state index is 2.33. The summed E-state index contributed by atoms with van der Waals surface area (Å²) in [7, 11) is 0. The highest BCUT2D eigenvalue weighted by Crippen LogP contribution is 2.43. The average molecular weight is 399 g/mol. The van der Waals surface area contributed by atoms with Crippen molar-refractivity contribution >= 4 is 0 Å². The Hall–Kier alpha value is -2.34.